The molecular weight excluding hydrogens is 339 g/mol. The molecule has 22 heavy (non-hydrogen) atoms. The molecule has 0 radical (unpaired) electrons. The molecule has 1 N–H and O–H groups in total. The predicted molar refractivity (Wildman–Crippen MR) is 81.5 cm³/mol. The molecular formula is C13H18F3NO3S2. The Labute approximate surface area is 132 Å². The van der Waals surface area contributed by atoms with E-state index in [0.717, 1.165) is 17.6 Å². The van der Waals surface area contributed by atoms with Crippen LogP contribution in [-0.4, -0.2) is 33.3 Å². The van der Waals surface area contributed by atoms with E-state index in [2.05, 4.69) is 9.46 Å². The average molecular weight is 357 g/mol. The van der Waals surface area contributed by atoms with Crippen molar-refractivity contribution in [2.75, 3.05) is 18.6 Å². The summed E-state index contributed by atoms with van der Waals surface area (Å²) in [4.78, 5) is 0. The maximum Gasteiger partial charge on any atom is 0.573 e. The Morgan fingerprint density at radius 2 is 1.86 bits per heavy atom. The lowest BCUT2D eigenvalue weighted by Crippen LogP contribution is -2.23. The molecule has 0 aliphatic rings. The Bertz CT molecular complexity index is 559. The van der Waals surface area contributed by atoms with Crippen molar-refractivity contribution in [1.82, 2.24) is 4.72 Å². The molecule has 0 amide bonds. The van der Waals surface area contributed by atoms with Crippen molar-refractivity contribution in [2.24, 2.45) is 0 Å². The number of ether oxygens (including phenoxy) is 1. The van der Waals surface area contributed by atoms with Crippen LogP contribution in [0.5, 0.6) is 5.75 Å². The minimum atomic E-state index is -4.69. The van der Waals surface area contributed by atoms with E-state index >= 15 is 0 Å². The number of benzene rings is 1. The van der Waals surface area contributed by atoms with Crippen molar-refractivity contribution in [3.05, 3.63) is 29.8 Å². The van der Waals surface area contributed by atoms with E-state index in [1.54, 1.807) is 23.9 Å². The minimum absolute atomic E-state index is 0.0955. The van der Waals surface area contributed by atoms with Gasteiger partial charge in [-0.2, -0.15) is 11.8 Å². The molecule has 0 saturated carbocycles. The van der Waals surface area contributed by atoms with Gasteiger partial charge in [-0.1, -0.05) is 12.1 Å². The van der Waals surface area contributed by atoms with Crippen molar-refractivity contribution in [3.8, 4) is 5.75 Å². The first kappa shape index (κ1) is 19.1. The van der Waals surface area contributed by atoms with Gasteiger partial charge in [-0.05, 0) is 36.8 Å². The van der Waals surface area contributed by atoms with Gasteiger partial charge in [0.1, 0.15) is 5.75 Å². The first-order valence-electron chi connectivity index (χ1n) is 6.49. The van der Waals surface area contributed by atoms with Gasteiger partial charge in [-0.25, -0.2) is 13.1 Å². The second-order valence-corrected chi connectivity index (χ2v) is 7.93. The molecule has 1 atom stereocenters. The Hall–Kier alpha value is -0.930. The Kier molecular flexibility index (Phi) is 7.01. The molecule has 1 rings (SSSR count). The van der Waals surface area contributed by atoms with Gasteiger partial charge < -0.3 is 4.74 Å². The second-order valence-electron chi connectivity index (χ2n) is 4.65. The normalized spacial score (nSPS) is 13.9. The quantitative estimate of drug-likeness (QED) is 0.725. The van der Waals surface area contributed by atoms with Crippen LogP contribution in [0.2, 0.25) is 0 Å². The zero-order valence-electron chi connectivity index (χ0n) is 12.2. The Morgan fingerprint density at radius 1 is 1.27 bits per heavy atom. The van der Waals surface area contributed by atoms with Crippen LogP contribution in [0.4, 0.5) is 13.2 Å². The summed E-state index contributed by atoms with van der Waals surface area (Å²) in [6, 6.07) is 5.75. The summed E-state index contributed by atoms with van der Waals surface area (Å²) in [5, 5.41) is 0.0955. The molecule has 0 fully saturated rings. The molecule has 0 bridgehead atoms. The number of halogens is 3. The van der Waals surface area contributed by atoms with Crippen LogP contribution in [0.15, 0.2) is 24.3 Å². The molecule has 4 nitrogen and oxygen atoms in total. The second kappa shape index (κ2) is 8.07. The van der Waals surface area contributed by atoms with Gasteiger partial charge >= 0.3 is 6.36 Å². The SMILES string of the molecule is CC(SCCCNS(C)(=O)=O)c1ccc(OC(F)(F)F)cc1. The first-order valence-corrected chi connectivity index (χ1v) is 9.43. The predicted octanol–water partition coefficient (Wildman–Crippen LogP) is 3.32. The minimum Gasteiger partial charge on any atom is -0.406 e. The summed E-state index contributed by atoms with van der Waals surface area (Å²) >= 11 is 1.60. The number of alkyl halides is 3. The van der Waals surface area contributed by atoms with Crippen LogP contribution in [-0.2, 0) is 10.0 Å². The van der Waals surface area contributed by atoms with Gasteiger partial charge in [0, 0.05) is 11.8 Å². The Morgan fingerprint density at radius 3 is 2.36 bits per heavy atom. The molecule has 1 aromatic carbocycles. The summed E-state index contributed by atoms with van der Waals surface area (Å²) < 4.78 is 64.1. The summed E-state index contributed by atoms with van der Waals surface area (Å²) in [6.07, 6.45) is -2.90. The lowest BCUT2D eigenvalue weighted by Gasteiger charge is -2.13. The standard InChI is InChI=1S/C13H18F3NO3S2/c1-10(21-9-3-8-17-22(2,18)19)11-4-6-12(7-5-11)20-13(14,15)16/h4-7,10,17H,3,8-9H2,1-2H3. The average Bonchev–Trinajstić information content (AvgIpc) is 2.35. The van der Waals surface area contributed by atoms with E-state index in [1.165, 1.54) is 12.1 Å². The van der Waals surface area contributed by atoms with Crippen molar-refractivity contribution in [3.63, 3.8) is 0 Å². The number of nitrogens with one attached hydrogen (secondary N) is 1. The van der Waals surface area contributed by atoms with Gasteiger partial charge in [0.2, 0.25) is 10.0 Å². The number of rotatable bonds is 8. The summed E-state index contributed by atoms with van der Waals surface area (Å²) in [5.74, 6) is 0.496. The summed E-state index contributed by atoms with van der Waals surface area (Å²) in [5.41, 5.74) is 0.885. The van der Waals surface area contributed by atoms with Crippen LogP contribution in [0.25, 0.3) is 0 Å². The molecule has 9 heteroatoms. The lowest BCUT2D eigenvalue weighted by atomic mass is 10.1. The molecule has 0 aliphatic carbocycles. The highest BCUT2D eigenvalue weighted by molar-refractivity contribution is 7.99. The van der Waals surface area contributed by atoms with Gasteiger partial charge in [0.05, 0.1) is 6.26 Å². The monoisotopic (exact) mass is 357 g/mol. The van der Waals surface area contributed by atoms with Crippen molar-refractivity contribution in [2.45, 2.75) is 25.0 Å². The van der Waals surface area contributed by atoms with E-state index in [9.17, 15) is 21.6 Å². The number of hydrogen-bond acceptors (Lipinski definition) is 4. The van der Waals surface area contributed by atoms with Gasteiger partial charge in [0.15, 0.2) is 0 Å². The maximum atomic E-state index is 12.0. The molecule has 0 spiro atoms. The topological polar surface area (TPSA) is 55.4 Å². The lowest BCUT2D eigenvalue weighted by molar-refractivity contribution is -0.274. The molecule has 0 heterocycles. The van der Waals surface area contributed by atoms with E-state index in [-0.39, 0.29) is 11.0 Å². The van der Waals surface area contributed by atoms with Crippen LogP contribution in [0, 0.1) is 0 Å². The fourth-order valence-electron chi connectivity index (χ4n) is 1.63. The number of hydrogen-bond donors (Lipinski definition) is 1. The van der Waals surface area contributed by atoms with Gasteiger partial charge in [-0.3, -0.25) is 0 Å². The molecule has 0 aliphatic heterocycles. The largest absolute Gasteiger partial charge is 0.573 e. The highest BCUT2D eigenvalue weighted by Gasteiger charge is 2.30. The third kappa shape index (κ3) is 8.50. The fraction of sp³-hybridized carbons (Fsp3) is 0.538. The number of sulfonamides is 1. The molecule has 1 unspecified atom stereocenters. The maximum absolute atomic E-state index is 12.0. The van der Waals surface area contributed by atoms with E-state index in [0.29, 0.717) is 13.0 Å². The van der Waals surface area contributed by atoms with Crippen molar-refractivity contribution < 1.29 is 26.3 Å². The van der Waals surface area contributed by atoms with Crippen LogP contribution < -0.4 is 9.46 Å². The van der Waals surface area contributed by atoms with Gasteiger partial charge in [0.25, 0.3) is 0 Å². The third-order valence-electron chi connectivity index (χ3n) is 2.64. The number of thioether (sulfide) groups is 1. The Balaban J connectivity index is 2.38. The van der Waals surface area contributed by atoms with E-state index in [4.69, 9.17) is 0 Å². The van der Waals surface area contributed by atoms with Crippen LogP contribution >= 0.6 is 11.8 Å². The van der Waals surface area contributed by atoms with Crippen LogP contribution in [0.3, 0.4) is 0 Å². The third-order valence-corrected chi connectivity index (χ3v) is 4.66. The van der Waals surface area contributed by atoms with E-state index in [1.807, 2.05) is 6.92 Å². The molecule has 0 saturated heterocycles. The molecule has 1 aromatic rings. The van der Waals surface area contributed by atoms with Crippen molar-refractivity contribution >= 4 is 21.8 Å². The fourth-order valence-corrected chi connectivity index (χ4v) is 3.16. The zero-order chi connectivity index (χ0) is 16.8. The highest BCUT2D eigenvalue weighted by atomic mass is 32.2. The zero-order valence-corrected chi connectivity index (χ0v) is 13.8. The first-order chi connectivity index (χ1) is 10.1. The molecule has 0 aromatic heterocycles. The van der Waals surface area contributed by atoms with Crippen molar-refractivity contribution in [1.29, 1.82) is 0 Å². The summed E-state index contributed by atoms with van der Waals surface area (Å²) in [6.45, 7) is 2.31. The van der Waals surface area contributed by atoms with E-state index < -0.39 is 16.4 Å². The molecule has 126 valence electrons. The highest BCUT2D eigenvalue weighted by Crippen LogP contribution is 2.30. The van der Waals surface area contributed by atoms with Crippen LogP contribution in [0.1, 0.15) is 24.2 Å². The smallest absolute Gasteiger partial charge is 0.406 e. The summed E-state index contributed by atoms with van der Waals surface area (Å²) in [7, 11) is -3.16. The van der Waals surface area contributed by atoms with Gasteiger partial charge in [-0.15, -0.1) is 13.2 Å².